The molecule has 21 heavy (non-hydrogen) atoms. The van der Waals surface area contributed by atoms with E-state index in [9.17, 15) is 14.7 Å². The molecule has 0 saturated carbocycles. The third-order valence-corrected chi connectivity index (χ3v) is 2.79. The molecule has 1 amide bonds. The van der Waals surface area contributed by atoms with Crippen LogP contribution in [0.2, 0.25) is 0 Å². The molecule has 4 N–H and O–H groups in total. The van der Waals surface area contributed by atoms with E-state index in [1.807, 2.05) is 0 Å². The molecule has 0 bridgehead atoms. The van der Waals surface area contributed by atoms with Crippen molar-refractivity contribution in [1.29, 1.82) is 0 Å². The van der Waals surface area contributed by atoms with Crippen molar-refractivity contribution in [2.45, 2.75) is 19.1 Å². The molecule has 8 heteroatoms. The zero-order valence-electron chi connectivity index (χ0n) is 11.1. The van der Waals surface area contributed by atoms with Gasteiger partial charge in [0.05, 0.1) is 11.9 Å². The number of aromatic nitrogens is 3. The van der Waals surface area contributed by atoms with Gasteiger partial charge in [0.25, 0.3) is 0 Å². The van der Waals surface area contributed by atoms with Crippen LogP contribution < -0.4 is 11.1 Å². The average molecular weight is 289 g/mol. The highest BCUT2D eigenvalue weighted by molar-refractivity contribution is 5.84. The molecule has 110 valence electrons. The molecule has 0 spiro atoms. The van der Waals surface area contributed by atoms with Crippen molar-refractivity contribution in [3.8, 4) is 0 Å². The summed E-state index contributed by atoms with van der Waals surface area (Å²) in [5.41, 5.74) is 6.45. The molecule has 1 aromatic carbocycles. The van der Waals surface area contributed by atoms with E-state index in [-0.39, 0.29) is 13.1 Å². The van der Waals surface area contributed by atoms with Crippen molar-refractivity contribution in [3.63, 3.8) is 0 Å². The first-order valence-corrected chi connectivity index (χ1v) is 6.26. The van der Waals surface area contributed by atoms with Crippen molar-refractivity contribution in [3.05, 3.63) is 47.8 Å². The fraction of sp³-hybridized carbons (Fsp3) is 0.231. The van der Waals surface area contributed by atoms with Crippen LogP contribution in [-0.4, -0.2) is 32.0 Å². The number of rotatable bonds is 6. The van der Waals surface area contributed by atoms with Gasteiger partial charge < -0.3 is 16.2 Å². The number of nitrogens with zero attached hydrogens (tertiary/aromatic N) is 3. The smallest absolute Gasteiger partial charge is 0.330 e. The highest BCUT2D eigenvalue weighted by Gasteiger charge is 2.21. The number of nitrogens with two attached hydrogens (primary N) is 1. The first-order valence-electron chi connectivity index (χ1n) is 6.26. The summed E-state index contributed by atoms with van der Waals surface area (Å²) in [6.45, 7) is 0.104. The Morgan fingerprint density at radius 2 is 2.05 bits per heavy atom. The first-order chi connectivity index (χ1) is 10.1. The molecule has 0 fully saturated rings. The van der Waals surface area contributed by atoms with Crippen molar-refractivity contribution >= 4 is 11.9 Å². The highest BCUT2D eigenvalue weighted by Crippen LogP contribution is 2.12. The quantitative estimate of drug-likeness (QED) is 0.669. The lowest BCUT2D eigenvalue weighted by Gasteiger charge is -2.14. The Morgan fingerprint density at radius 3 is 2.62 bits per heavy atom. The van der Waals surface area contributed by atoms with Crippen molar-refractivity contribution in [2.24, 2.45) is 5.73 Å². The molecule has 8 nitrogen and oxygen atoms in total. The topological polar surface area (TPSA) is 123 Å². The Labute approximate surface area is 120 Å². The lowest BCUT2D eigenvalue weighted by atomic mass is 10.1. The van der Waals surface area contributed by atoms with E-state index in [1.54, 1.807) is 30.3 Å². The van der Waals surface area contributed by atoms with Crippen LogP contribution in [0.4, 0.5) is 0 Å². The summed E-state index contributed by atoms with van der Waals surface area (Å²) < 4.78 is 1.31. The molecule has 1 heterocycles. The number of nitrogens with one attached hydrogen (secondary N) is 1. The van der Waals surface area contributed by atoms with Crippen LogP contribution in [0.15, 0.2) is 36.5 Å². The van der Waals surface area contributed by atoms with Gasteiger partial charge in [0.15, 0.2) is 6.04 Å². The summed E-state index contributed by atoms with van der Waals surface area (Å²) in [4.78, 5) is 23.2. The Kier molecular flexibility index (Phi) is 4.62. The number of carbonyl (C=O) groups is 2. The number of hydrogen-bond donors (Lipinski definition) is 3. The minimum atomic E-state index is -1.13. The second-order valence-corrected chi connectivity index (χ2v) is 4.36. The van der Waals surface area contributed by atoms with E-state index >= 15 is 0 Å². The van der Waals surface area contributed by atoms with Crippen LogP contribution in [-0.2, 0) is 22.7 Å². The van der Waals surface area contributed by atoms with E-state index in [1.165, 1.54) is 10.9 Å². The van der Waals surface area contributed by atoms with Crippen LogP contribution in [0.5, 0.6) is 0 Å². The maximum Gasteiger partial charge on any atom is 0.330 e. The SMILES string of the molecule is NCc1cn(CC(=O)N[C@H](C(=O)O)c2ccccc2)nn1. The average Bonchev–Trinajstić information content (AvgIpc) is 2.93. The molecule has 0 unspecified atom stereocenters. The summed E-state index contributed by atoms with van der Waals surface area (Å²) in [6, 6.07) is 7.37. The maximum absolute atomic E-state index is 11.9. The number of carboxylic acid groups (broad SMARTS) is 1. The predicted molar refractivity (Wildman–Crippen MR) is 72.9 cm³/mol. The van der Waals surface area contributed by atoms with Crippen molar-refractivity contribution < 1.29 is 14.7 Å². The Hall–Kier alpha value is -2.74. The molecule has 0 aliphatic heterocycles. The maximum atomic E-state index is 11.9. The van der Waals surface area contributed by atoms with E-state index in [2.05, 4.69) is 15.6 Å². The van der Waals surface area contributed by atoms with Gasteiger partial charge in [0.1, 0.15) is 6.54 Å². The van der Waals surface area contributed by atoms with Gasteiger partial charge in [-0.2, -0.15) is 0 Å². The van der Waals surface area contributed by atoms with Gasteiger partial charge in [-0.25, -0.2) is 9.48 Å². The second kappa shape index (κ2) is 6.62. The third-order valence-electron chi connectivity index (χ3n) is 2.79. The minimum absolute atomic E-state index is 0.121. The molecular weight excluding hydrogens is 274 g/mol. The summed E-state index contributed by atoms with van der Waals surface area (Å²) in [7, 11) is 0. The van der Waals surface area contributed by atoms with E-state index in [4.69, 9.17) is 5.73 Å². The number of carbonyl (C=O) groups excluding carboxylic acids is 1. The molecule has 1 aromatic heterocycles. The first kappa shape index (κ1) is 14.7. The molecule has 2 rings (SSSR count). The third kappa shape index (κ3) is 3.86. The Bertz CT molecular complexity index is 626. The highest BCUT2D eigenvalue weighted by atomic mass is 16.4. The summed E-state index contributed by atoms with van der Waals surface area (Å²) >= 11 is 0. The number of carboxylic acids is 1. The van der Waals surface area contributed by atoms with Gasteiger partial charge in [0, 0.05) is 6.54 Å². The normalized spacial score (nSPS) is 11.9. The zero-order chi connectivity index (χ0) is 15.2. The molecule has 2 aromatic rings. The van der Waals surface area contributed by atoms with Crippen LogP contribution in [0.25, 0.3) is 0 Å². The predicted octanol–water partition coefficient (Wildman–Crippen LogP) is -0.321. The minimum Gasteiger partial charge on any atom is -0.479 e. The van der Waals surface area contributed by atoms with Gasteiger partial charge in [-0.05, 0) is 5.56 Å². The fourth-order valence-electron chi connectivity index (χ4n) is 1.80. The molecule has 0 aliphatic rings. The van der Waals surface area contributed by atoms with Gasteiger partial charge in [-0.1, -0.05) is 35.5 Å². The molecule has 0 radical (unpaired) electrons. The monoisotopic (exact) mass is 289 g/mol. The van der Waals surface area contributed by atoms with Crippen LogP contribution in [0, 0.1) is 0 Å². The molecule has 1 atom stereocenters. The van der Waals surface area contributed by atoms with Gasteiger partial charge in [-0.3, -0.25) is 4.79 Å². The lowest BCUT2D eigenvalue weighted by Crippen LogP contribution is -2.36. The van der Waals surface area contributed by atoms with Crippen LogP contribution in [0.1, 0.15) is 17.3 Å². The van der Waals surface area contributed by atoms with E-state index < -0.39 is 17.9 Å². The van der Waals surface area contributed by atoms with Crippen molar-refractivity contribution in [1.82, 2.24) is 20.3 Å². The molecule has 0 aliphatic carbocycles. The lowest BCUT2D eigenvalue weighted by molar-refractivity contribution is -0.142. The Balaban J connectivity index is 2.03. The van der Waals surface area contributed by atoms with Gasteiger partial charge >= 0.3 is 5.97 Å². The fourth-order valence-corrected chi connectivity index (χ4v) is 1.80. The molecular formula is C13H15N5O3. The zero-order valence-corrected chi connectivity index (χ0v) is 11.1. The van der Waals surface area contributed by atoms with Crippen molar-refractivity contribution in [2.75, 3.05) is 0 Å². The number of aliphatic carboxylic acids is 1. The summed E-state index contributed by atoms with van der Waals surface area (Å²) in [5, 5.41) is 19.2. The van der Waals surface area contributed by atoms with E-state index in [0.717, 1.165) is 0 Å². The standard InChI is InChI=1S/C13H15N5O3/c14-6-10-7-18(17-16-10)8-11(19)15-12(13(20)21)9-4-2-1-3-5-9/h1-5,7,12H,6,8,14H2,(H,15,19)(H,20,21)/t12-/m0/s1. The molecule has 0 saturated heterocycles. The Morgan fingerprint density at radius 1 is 1.33 bits per heavy atom. The van der Waals surface area contributed by atoms with Gasteiger partial charge in [-0.15, -0.1) is 5.10 Å². The summed E-state index contributed by atoms with van der Waals surface area (Å²) in [5.74, 6) is -1.60. The largest absolute Gasteiger partial charge is 0.479 e. The van der Waals surface area contributed by atoms with Gasteiger partial charge in [0.2, 0.25) is 5.91 Å². The van der Waals surface area contributed by atoms with Crippen LogP contribution >= 0.6 is 0 Å². The number of benzene rings is 1. The number of amides is 1. The number of hydrogen-bond acceptors (Lipinski definition) is 5. The summed E-state index contributed by atoms with van der Waals surface area (Å²) in [6.07, 6.45) is 1.54. The second-order valence-electron chi connectivity index (χ2n) is 4.36. The van der Waals surface area contributed by atoms with Crippen LogP contribution in [0.3, 0.4) is 0 Å². The van der Waals surface area contributed by atoms with E-state index in [0.29, 0.717) is 11.3 Å².